The van der Waals surface area contributed by atoms with Gasteiger partial charge >= 0.3 is 12.0 Å². The number of rotatable bonds is 7. The van der Waals surface area contributed by atoms with Crippen molar-refractivity contribution in [3.05, 3.63) is 47.1 Å². The van der Waals surface area contributed by atoms with Crippen molar-refractivity contribution in [3.63, 3.8) is 0 Å². The third kappa shape index (κ3) is 6.72. The summed E-state index contributed by atoms with van der Waals surface area (Å²) in [6, 6.07) is 8.28. The molecule has 0 bridgehead atoms. The molecule has 0 saturated heterocycles. The van der Waals surface area contributed by atoms with Crippen LogP contribution in [0, 0.1) is 0 Å². The van der Waals surface area contributed by atoms with E-state index in [1.54, 1.807) is 22.9 Å². The monoisotopic (exact) mass is 414 g/mol. The molecule has 2 aromatic rings. The van der Waals surface area contributed by atoms with E-state index < -0.39 is 34.4 Å². The number of methoxy groups -OCH3 is 1. The minimum absolute atomic E-state index is 0.00664. The molecule has 0 unspecified atom stereocenters. The molecule has 2 rings (SSSR count). The van der Waals surface area contributed by atoms with Gasteiger partial charge in [0, 0.05) is 6.07 Å². The molecule has 2 amide bonds. The first-order chi connectivity index (χ1) is 12.8. The van der Waals surface area contributed by atoms with Crippen molar-refractivity contribution in [2.45, 2.75) is 0 Å². The fraction of sp³-hybridized carbons (Fsp3) is 0.200. The Morgan fingerprint density at radius 1 is 1.19 bits per heavy atom. The molecule has 144 valence electrons. The topological polar surface area (TPSA) is 137 Å². The summed E-state index contributed by atoms with van der Waals surface area (Å²) in [6.45, 7) is -0.433. The quantitative estimate of drug-likeness (QED) is 0.513. The Hall–Kier alpha value is -2.92. The maximum atomic E-state index is 11.9. The van der Waals surface area contributed by atoms with Crippen molar-refractivity contribution >= 4 is 39.6 Å². The zero-order valence-corrected chi connectivity index (χ0v) is 15.6. The highest BCUT2D eigenvalue weighted by molar-refractivity contribution is 7.90. The second-order valence-corrected chi connectivity index (χ2v) is 7.16. The third-order valence-electron chi connectivity index (χ3n) is 2.95. The average molecular weight is 415 g/mol. The number of esters is 1. The second kappa shape index (κ2) is 9.14. The molecule has 12 heteroatoms. The Morgan fingerprint density at radius 3 is 2.56 bits per heavy atom. The molecule has 0 aliphatic rings. The van der Waals surface area contributed by atoms with Gasteiger partial charge in [-0.3, -0.25) is 5.32 Å². The molecule has 0 saturated carbocycles. The van der Waals surface area contributed by atoms with E-state index in [4.69, 9.17) is 21.1 Å². The number of aromatic nitrogens is 2. The average Bonchev–Trinajstić information content (AvgIpc) is 2.61. The molecular weight excluding hydrogens is 400 g/mol. The summed E-state index contributed by atoms with van der Waals surface area (Å²) >= 11 is 5.72. The lowest BCUT2D eigenvalue weighted by atomic mass is 10.2. The Balaban J connectivity index is 1.85. The van der Waals surface area contributed by atoms with Gasteiger partial charge in [-0.15, -0.1) is 0 Å². The minimum Gasteiger partial charge on any atom is -0.481 e. The van der Waals surface area contributed by atoms with Crippen LogP contribution in [0.3, 0.4) is 0 Å². The van der Waals surface area contributed by atoms with Gasteiger partial charge in [-0.25, -0.2) is 27.7 Å². The fourth-order valence-corrected chi connectivity index (χ4v) is 2.69. The lowest BCUT2D eigenvalue weighted by Crippen LogP contribution is -2.37. The van der Waals surface area contributed by atoms with Gasteiger partial charge in [-0.2, -0.15) is 4.98 Å². The molecule has 0 aliphatic heterocycles. The second-order valence-electron chi connectivity index (χ2n) is 4.93. The van der Waals surface area contributed by atoms with E-state index in [2.05, 4.69) is 15.3 Å². The van der Waals surface area contributed by atoms with Crippen LogP contribution >= 0.6 is 11.6 Å². The van der Waals surface area contributed by atoms with E-state index >= 15 is 0 Å². The van der Waals surface area contributed by atoms with Crippen LogP contribution in [0.15, 0.2) is 36.4 Å². The first kappa shape index (κ1) is 20.4. The molecule has 0 spiro atoms. The molecule has 2 N–H and O–H groups in total. The Morgan fingerprint density at radius 2 is 1.89 bits per heavy atom. The van der Waals surface area contributed by atoms with Gasteiger partial charge in [0.2, 0.25) is 21.9 Å². The number of hydrogen-bond acceptors (Lipinski definition) is 8. The van der Waals surface area contributed by atoms with E-state index in [0.29, 0.717) is 0 Å². The highest BCUT2D eigenvalue weighted by atomic mass is 35.5. The number of carbonyl (C=O) groups excluding carboxylic acids is 2. The Kier molecular flexibility index (Phi) is 6.91. The van der Waals surface area contributed by atoms with Crippen molar-refractivity contribution in [2.24, 2.45) is 0 Å². The number of nitrogens with one attached hydrogen (secondary N) is 2. The van der Waals surface area contributed by atoms with Crippen LogP contribution < -0.4 is 14.8 Å². The number of anilines is 1. The number of sulfonamides is 1. The maximum Gasteiger partial charge on any atom is 0.338 e. The van der Waals surface area contributed by atoms with Crippen LogP contribution in [0.1, 0.15) is 10.4 Å². The lowest BCUT2D eigenvalue weighted by molar-refractivity contribution is 0.0529. The Labute approximate surface area is 159 Å². The first-order valence-corrected chi connectivity index (χ1v) is 9.44. The van der Waals surface area contributed by atoms with Crippen LogP contribution in [0.5, 0.6) is 5.88 Å². The molecule has 0 radical (unpaired) electrons. The maximum absolute atomic E-state index is 11.9. The number of carbonyl (C=O) groups is 2. The van der Waals surface area contributed by atoms with Gasteiger partial charge in [0.05, 0.1) is 12.7 Å². The molecule has 0 aliphatic carbocycles. The number of benzene rings is 1. The summed E-state index contributed by atoms with van der Waals surface area (Å²) < 4.78 is 35.2. The summed E-state index contributed by atoms with van der Waals surface area (Å²) in [5.41, 5.74) is 0.285. The van der Waals surface area contributed by atoms with Gasteiger partial charge in [0.15, 0.2) is 0 Å². The number of urea groups is 1. The molecule has 10 nitrogen and oxygen atoms in total. The third-order valence-corrected chi connectivity index (χ3v) is 4.34. The summed E-state index contributed by atoms with van der Waals surface area (Å²) in [7, 11) is -2.73. The largest absolute Gasteiger partial charge is 0.481 e. The highest BCUT2D eigenvalue weighted by Crippen LogP contribution is 2.15. The van der Waals surface area contributed by atoms with Crippen molar-refractivity contribution < 1.29 is 27.5 Å². The van der Waals surface area contributed by atoms with E-state index in [1.807, 2.05) is 0 Å². The molecule has 1 aromatic carbocycles. The predicted molar refractivity (Wildman–Crippen MR) is 96.3 cm³/mol. The van der Waals surface area contributed by atoms with Crippen LogP contribution in [-0.2, 0) is 14.8 Å². The van der Waals surface area contributed by atoms with E-state index in [-0.39, 0.29) is 22.5 Å². The van der Waals surface area contributed by atoms with Gasteiger partial charge in [-0.1, -0.05) is 29.8 Å². The van der Waals surface area contributed by atoms with Gasteiger partial charge < -0.3 is 9.47 Å². The van der Waals surface area contributed by atoms with Gasteiger partial charge in [0.1, 0.15) is 17.5 Å². The van der Waals surface area contributed by atoms with Crippen molar-refractivity contribution in [1.82, 2.24) is 14.7 Å². The first-order valence-electron chi connectivity index (χ1n) is 7.41. The van der Waals surface area contributed by atoms with Gasteiger partial charge in [-0.05, 0) is 12.1 Å². The normalized spacial score (nSPS) is 10.7. The molecule has 0 atom stereocenters. The van der Waals surface area contributed by atoms with E-state index in [0.717, 1.165) is 0 Å². The van der Waals surface area contributed by atoms with Crippen LogP contribution in [0.2, 0.25) is 5.15 Å². The van der Waals surface area contributed by atoms with Crippen molar-refractivity contribution in [3.8, 4) is 5.88 Å². The molecule has 1 aromatic heterocycles. The molecule has 1 heterocycles. The zero-order chi connectivity index (χ0) is 19.9. The smallest absolute Gasteiger partial charge is 0.338 e. The molecular formula is C15H15ClN4O6S. The molecule has 27 heavy (non-hydrogen) atoms. The van der Waals surface area contributed by atoms with Gasteiger partial charge in [0.25, 0.3) is 0 Å². The standard InChI is InChI=1S/C15H15ClN4O6S/c1-25-12-9-11(16)17-14(18-12)19-15(22)20-27(23,24)8-7-26-13(21)10-5-3-2-4-6-10/h2-6,9H,7-8H2,1H3,(H2,17,18,19,20,22). The van der Waals surface area contributed by atoms with Crippen LogP contribution in [0.4, 0.5) is 10.7 Å². The fourth-order valence-electron chi connectivity index (χ4n) is 1.78. The summed E-state index contributed by atoms with van der Waals surface area (Å²) in [5, 5.41) is 2.11. The Bertz CT molecular complexity index is 923. The van der Waals surface area contributed by atoms with E-state index in [9.17, 15) is 18.0 Å². The SMILES string of the molecule is COc1cc(Cl)nc(NC(=O)NS(=O)(=O)CCOC(=O)c2ccccc2)n1. The summed E-state index contributed by atoms with van der Waals surface area (Å²) in [6.07, 6.45) is 0. The lowest BCUT2D eigenvalue weighted by Gasteiger charge is -2.09. The predicted octanol–water partition coefficient (Wildman–Crippen LogP) is 1.45. The van der Waals surface area contributed by atoms with E-state index in [1.165, 1.54) is 25.3 Å². The number of hydrogen-bond donors (Lipinski definition) is 2. The number of amides is 2. The number of halogens is 1. The number of nitrogens with zero attached hydrogens (tertiary/aromatic N) is 2. The van der Waals surface area contributed by atoms with Crippen LogP contribution in [0.25, 0.3) is 0 Å². The number of ether oxygens (including phenoxy) is 2. The molecule has 0 fully saturated rings. The summed E-state index contributed by atoms with van der Waals surface area (Å²) in [5.74, 6) is -1.45. The zero-order valence-electron chi connectivity index (χ0n) is 14.0. The van der Waals surface area contributed by atoms with Crippen molar-refractivity contribution in [1.29, 1.82) is 0 Å². The van der Waals surface area contributed by atoms with Crippen molar-refractivity contribution in [2.75, 3.05) is 24.8 Å². The van der Waals surface area contributed by atoms with Crippen LogP contribution in [-0.4, -0.2) is 49.9 Å². The highest BCUT2D eigenvalue weighted by Gasteiger charge is 2.17. The minimum atomic E-state index is -4.06. The summed E-state index contributed by atoms with van der Waals surface area (Å²) in [4.78, 5) is 31.0.